The molecule has 0 aromatic heterocycles. The molecule has 14 heavy (non-hydrogen) atoms. The summed E-state index contributed by atoms with van der Waals surface area (Å²) in [5.74, 6) is 0. The van der Waals surface area contributed by atoms with Crippen molar-refractivity contribution in [1.82, 2.24) is 10.6 Å². The zero-order valence-electron chi connectivity index (χ0n) is 7.69. The minimum absolute atomic E-state index is 0.208. The normalized spacial score (nSPS) is 11.8. The number of hydrogen-bond donors (Lipinski definition) is 5. The maximum absolute atomic E-state index is 10.2. The van der Waals surface area contributed by atoms with E-state index in [0.717, 1.165) is 0 Å². The monoisotopic (exact) mass is 205 g/mol. The third-order valence-electron chi connectivity index (χ3n) is 1.62. The number of carboxylic acid groups (broad SMARTS) is 2. The van der Waals surface area contributed by atoms with Crippen molar-refractivity contribution in [2.45, 2.75) is 18.9 Å². The number of nitrogens with one attached hydrogen (secondary N) is 2. The number of hydrogen-bond acceptors (Lipinski definition) is 3. The Bertz CT molecular complexity index is 197. The highest BCUT2D eigenvalue weighted by atomic mass is 16.4. The van der Waals surface area contributed by atoms with Crippen molar-refractivity contribution in [2.75, 3.05) is 13.1 Å². The van der Waals surface area contributed by atoms with E-state index in [1.807, 2.05) is 0 Å². The van der Waals surface area contributed by atoms with E-state index in [1.165, 1.54) is 0 Å². The molecular formula is C7H15N3O4. The van der Waals surface area contributed by atoms with Gasteiger partial charge in [0.05, 0.1) is 0 Å². The molecule has 0 aliphatic rings. The highest BCUT2D eigenvalue weighted by Crippen LogP contribution is 1.94. The van der Waals surface area contributed by atoms with Crippen LogP contribution in [0.15, 0.2) is 0 Å². The lowest BCUT2D eigenvalue weighted by molar-refractivity contribution is 0.187. The molecule has 0 saturated carbocycles. The molecule has 0 bridgehead atoms. The Hall–Kier alpha value is -1.50. The summed E-state index contributed by atoms with van der Waals surface area (Å²) in [6, 6.07) is -0.317. The van der Waals surface area contributed by atoms with Gasteiger partial charge in [-0.25, -0.2) is 9.59 Å². The van der Waals surface area contributed by atoms with E-state index in [1.54, 1.807) is 0 Å². The van der Waals surface area contributed by atoms with Crippen LogP contribution in [-0.2, 0) is 0 Å². The Labute approximate surface area is 81.3 Å². The summed E-state index contributed by atoms with van der Waals surface area (Å²) in [6.07, 6.45) is -1.13. The van der Waals surface area contributed by atoms with Gasteiger partial charge in [-0.2, -0.15) is 0 Å². The van der Waals surface area contributed by atoms with Crippen LogP contribution in [-0.4, -0.2) is 41.5 Å². The Morgan fingerprint density at radius 1 is 1.29 bits per heavy atom. The lowest BCUT2D eigenvalue weighted by atomic mass is 10.1. The van der Waals surface area contributed by atoms with Gasteiger partial charge in [0, 0.05) is 19.1 Å². The van der Waals surface area contributed by atoms with Crippen LogP contribution in [0, 0.1) is 0 Å². The van der Waals surface area contributed by atoms with E-state index in [-0.39, 0.29) is 12.6 Å². The van der Waals surface area contributed by atoms with Crippen LogP contribution in [0.3, 0.4) is 0 Å². The molecule has 0 aromatic carbocycles. The smallest absolute Gasteiger partial charge is 0.404 e. The fraction of sp³-hybridized carbons (Fsp3) is 0.714. The van der Waals surface area contributed by atoms with E-state index in [4.69, 9.17) is 15.9 Å². The van der Waals surface area contributed by atoms with Gasteiger partial charge >= 0.3 is 12.2 Å². The maximum atomic E-state index is 10.2. The minimum atomic E-state index is -1.12. The summed E-state index contributed by atoms with van der Waals surface area (Å²) < 4.78 is 0. The Morgan fingerprint density at radius 2 is 1.93 bits per heavy atom. The first kappa shape index (κ1) is 12.5. The lowest BCUT2D eigenvalue weighted by Gasteiger charge is -2.13. The van der Waals surface area contributed by atoms with E-state index in [0.29, 0.717) is 19.4 Å². The molecule has 82 valence electrons. The molecular weight excluding hydrogens is 190 g/mol. The summed E-state index contributed by atoms with van der Waals surface area (Å²) in [4.78, 5) is 20.3. The fourth-order valence-electron chi connectivity index (χ4n) is 0.967. The van der Waals surface area contributed by atoms with Gasteiger partial charge in [0.25, 0.3) is 0 Å². The Morgan fingerprint density at radius 3 is 2.36 bits per heavy atom. The van der Waals surface area contributed by atoms with Gasteiger partial charge in [-0.3, -0.25) is 0 Å². The van der Waals surface area contributed by atoms with Gasteiger partial charge in [-0.05, 0) is 12.8 Å². The molecule has 0 fully saturated rings. The van der Waals surface area contributed by atoms with Gasteiger partial charge in [0.2, 0.25) is 0 Å². The quantitative estimate of drug-likeness (QED) is 0.378. The minimum Gasteiger partial charge on any atom is -0.465 e. The molecule has 0 aromatic rings. The number of nitrogens with two attached hydrogens (primary N) is 1. The van der Waals surface area contributed by atoms with Gasteiger partial charge < -0.3 is 26.6 Å². The van der Waals surface area contributed by atoms with Crippen LogP contribution in [0.4, 0.5) is 9.59 Å². The summed E-state index contributed by atoms with van der Waals surface area (Å²) in [7, 11) is 0. The average Bonchev–Trinajstić information content (AvgIpc) is 2.09. The maximum Gasteiger partial charge on any atom is 0.404 e. The van der Waals surface area contributed by atoms with Gasteiger partial charge in [-0.15, -0.1) is 0 Å². The molecule has 0 aliphatic heterocycles. The van der Waals surface area contributed by atoms with E-state index < -0.39 is 12.2 Å². The Balaban J connectivity index is 3.52. The predicted octanol–water partition coefficient (Wildman–Crippen LogP) is -0.371. The molecule has 0 spiro atoms. The molecule has 1 atom stereocenters. The third-order valence-corrected chi connectivity index (χ3v) is 1.62. The van der Waals surface area contributed by atoms with Crippen LogP contribution in [0.1, 0.15) is 12.8 Å². The van der Waals surface area contributed by atoms with E-state index >= 15 is 0 Å². The first-order chi connectivity index (χ1) is 6.56. The molecule has 2 amide bonds. The molecule has 7 nitrogen and oxygen atoms in total. The Kier molecular flexibility index (Phi) is 6.21. The topological polar surface area (TPSA) is 125 Å². The average molecular weight is 205 g/mol. The molecule has 0 saturated heterocycles. The second-order valence-electron chi connectivity index (χ2n) is 2.76. The fourth-order valence-corrected chi connectivity index (χ4v) is 0.967. The highest BCUT2D eigenvalue weighted by Gasteiger charge is 2.08. The number of rotatable bonds is 6. The molecule has 0 aliphatic carbocycles. The third kappa shape index (κ3) is 7.17. The van der Waals surface area contributed by atoms with Crippen LogP contribution in [0.2, 0.25) is 0 Å². The highest BCUT2D eigenvalue weighted by molar-refractivity contribution is 5.65. The van der Waals surface area contributed by atoms with E-state index in [9.17, 15) is 9.59 Å². The van der Waals surface area contributed by atoms with Crippen LogP contribution in [0.5, 0.6) is 0 Å². The number of amides is 2. The standard InChI is InChI=1S/C7H15N3O4/c8-4-5(10-7(13)14)2-1-3-9-6(11)12/h5,9-10H,1-4,8H2,(H,11,12)(H,13,14)/t5-/m1/s1. The SMILES string of the molecule is NC[C@@H](CCCNC(=O)O)NC(=O)O. The molecule has 0 rings (SSSR count). The van der Waals surface area contributed by atoms with E-state index in [2.05, 4.69) is 10.6 Å². The zero-order valence-corrected chi connectivity index (χ0v) is 7.69. The summed E-state index contributed by atoms with van der Waals surface area (Å²) in [5, 5.41) is 21.0. The first-order valence-electron chi connectivity index (χ1n) is 4.22. The number of carbonyl (C=O) groups is 2. The molecule has 0 unspecified atom stereocenters. The second-order valence-corrected chi connectivity index (χ2v) is 2.76. The molecule has 0 heterocycles. The van der Waals surface area contributed by atoms with Crippen molar-refractivity contribution in [3.05, 3.63) is 0 Å². The molecule has 7 heteroatoms. The van der Waals surface area contributed by atoms with Crippen molar-refractivity contribution in [3.8, 4) is 0 Å². The first-order valence-corrected chi connectivity index (χ1v) is 4.22. The summed E-state index contributed by atoms with van der Waals surface area (Å²) in [6.45, 7) is 0.506. The zero-order chi connectivity index (χ0) is 11.0. The summed E-state index contributed by atoms with van der Waals surface area (Å²) in [5.41, 5.74) is 5.30. The van der Waals surface area contributed by atoms with Crippen LogP contribution >= 0.6 is 0 Å². The van der Waals surface area contributed by atoms with Gasteiger partial charge in [-0.1, -0.05) is 0 Å². The van der Waals surface area contributed by atoms with Gasteiger partial charge in [0.15, 0.2) is 0 Å². The molecule has 0 radical (unpaired) electrons. The predicted molar refractivity (Wildman–Crippen MR) is 49.3 cm³/mol. The van der Waals surface area contributed by atoms with Gasteiger partial charge in [0.1, 0.15) is 0 Å². The largest absolute Gasteiger partial charge is 0.465 e. The van der Waals surface area contributed by atoms with Crippen LogP contribution < -0.4 is 16.4 Å². The van der Waals surface area contributed by atoms with Crippen molar-refractivity contribution >= 4 is 12.2 Å². The van der Waals surface area contributed by atoms with Crippen molar-refractivity contribution in [3.63, 3.8) is 0 Å². The molecule has 6 N–H and O–H groups in total. The van der Waals surface area contributed by atoms with Crippen molar-refractivity contribution < 1.29 is 19.8 Å². The van der Waals surface area contributed by atoms with Crippen molar-refractivity contribution in [1.29, 1.82) is 0 Å². The lowest BCUT2D eigenvalue weighted by Crippen LogP contribution is -2.39. The van der Waals surface area contributed by atoms with Crippen LogP contribution in [0.25, 0.3) is 0 Å². The van der Waals surface area contributed by atoms with Crippen molar-refractivity contribution in [2.24, 2.45) is 5.73 Å². The summed E-state index contributed by atoms with van der Waals surface area (Å²) >= 11 is 0. The second kappa shape index (κ2) is 6.96.